The molecule has 2 N–H and O–H groups in total. The quantitative estimate of drug-likeness (QED) is 0.635. The van der Waals surface area contributed by atoms with E-state index in [2.05, 4.69) is 15.9 Å². The van der Waals surface area contributed by atoms with Crippen molar-refractivity contribution in [2.45, 2.75) is 18.9 Å². The highest BCUT2D eigenvalue weighted by atomic mass is 79.9. The van der Waals surface area contributed by atoms with Gasteiger partial charge in [-0.3, -0.25) is 0 Å². The molecule has 0 bridgehead atoms. The van der Waals surface area contributed by atoms with Gasteiger partial charge < -0.3 is 5.73 Å². The van der Waals surface area contributed by atoms with Gasteiger partial charge in [-0.15, -0.1) is 0 Å². The van der Waals surface area contributed by atoms with Crippen molar-refractivity contribution in [3.8, 4) is 0 Å². The molecule has 0 heterocycles. The summed E-state index contributed by atoms with van der Waals surface area (Å²) < 4.78 is 54.4. The second kappa shape index (κ2) is 5.77. The Morgan fingerprint density at radius 3 is 2.19 bits per heavy atom. The van der Waals surface area contributed by atoms with Crippen molar-refractivity contribution in [1.82, 2.24) is 0 Å². The molecule has 1 nitrogen and oxygen atoms in total. The maximum Gasteiger partial charge on any atom is 0.143 e. The Balaban J connectivity index is 2.44. The first kappa shape index (κ1) is 16.0. The van der Waals surface area contributed by atoms with Gasteiger partial charge in [0.05, 0.1) is 4.47 Å². The third-order valence-corrected chi connectivity index (χ3v) is 3.82. The molecule has 0 aliphatic rings. The van der Waals surface area contributed by atoms with Crippen LogP contribution in [0.4, 0.5) is 17.6 Å². The number of benzene rings is 2. The Bertz CT molecular complexity index is 665. The van der Waals surface area contributed by atoms with Crippen LogP contribution in [0, 0.1) is 23.3 Å². The molecule has 2 rings (SSSR count). The van der Waals surface area contributed by atoms with Gasteiger partial charge in [-0.25, -0.2) is 17.6 Å². The molecule has 1 unspecified atom stereocenters. The van der Waals surface area contributed by atoms with E-state index in [1.165, 1.54) is 13.0 Å². The van der Waals surface area contributed by atoms with Crippen molar-refractivity contribution in [3.05, 3.63) is 69.2 Å². The van der Waals surface area contributed by atoms with Crippen LogP contribution in [0.1, 0.15) is 18.1 Å². The van der Waals surface area contributed by atoms with Crippen LogP contribution in [0.2, 0.25) is 0 Å². The predicted molar refractivity (Wildman–Crippen MR) is 75.7 cm³/mol. The summed E-state index contributed by atoms with van der Waals surface area (Å²) >= 11 is 2.96. The molecule has 0 aliphatic carbocycles. The van der Waals surface area contributed by atoms with Crippen molar-refractivity contribution in [3.63, 3.8) is 0 Å². The number of hydrogen-bond acceptors (Lipinski definition) is 1. The predicted octanol–water partition coefficient (Wildman–Crippen LogP) is 4.42. The van der Waals surface area contributed by atoms with Crippen LogP contribution in [0.25, 0.3) is 0 Å². The lowest BCUT2D eigenvalue weighted by Crippen LogP contribution is -2.36. The maximum atomic E-state index is 14.0. The van der Waals surface area contributed by atoms with Crippen LogP contribution in [0.5, 0.6) is 0 Å². The summed E-state index contributed by atoms with van der Waals surface area (Å²) in [5, 5.41) is 0. The van der Waals surface area contributed by atoms with E-state index in [1.807, 2.05) is 0 Å². The Labute approximate surface area is 127 Å². The van der Waals surface area contributed by atoms with Crippen molar-refractivity contribution in [2.75, 3.05) is 0 Å². The standard InChI is InChI=1S/C15H12BrF4N/c1-15(21,8-4-9(17)6-10(18)5-8)7-11-13(19)3-2-12(16)14(11)20/h2-6H,7,21H2,1H3. The average molecular weight is 362 g/mol. The monoisotopic (exact) mass is 361 g/mol. The lowest BCUT2D eigenvalue weighted by molar-refractivity contribution is 0.447. The largest absolute Gasteiger partial charge is 0.321 e. The molecule has 0 saturated carbocycles. The van der Waals surface area contributed by atoms with Crippen molar-refractivity contribution < 1.29 is 17.6 Å². The van der Waals surface area contributed by atoms with Gasteiger partial charge in [0.1, 0.15) is 23.3 Å². The number of hydrogen-bond donors (Lipinski definition) is 1. The molecule has 0 radical (unpaired) electrons. The van der Waals surface area contributed by atoms with Gasteiger partial charge in [-0.2, -0.15) is 0 Å². The molecule has 0 amide bonds. The summed E-state index contributed by atoms with van der Waals surface area (Å²) in [7, 11) is 0. The molecule has 2 aromatic carbocycles. The SMILES string of the molecule is CC(N)(Cc1c(F)ccc(Br)c1F)c1cc(F)cc(F)c1. The first-order valence-electron chi connectivity index (χ1n) is 6.08. The minimum atomic E-state index is -1.33. The Morgan fingerprint density at radius 2 is 1.62 bits per heavy atom. The number of halogens is 5. The van der Waals surface area contributed by atoms with E-state index in [4.69, 9.17) is 5.73 Å². The highest BCUT2D eigenvalue weighted by Crippen LogP contribution is 2.29. The van der Waals surface area contributed by atoms with Gasteiger partial charge in [0.2, 0.25) is 0 Å². The Kier molecular flexibility index (Phi) is 4.39. The van der Waals surface area contributed by atoms with Crippen LogP contribution in [0.15, 0.2) is 34.8 Å². The Morgan fingerprint density at radius 1 is 1.05 bits per heavy atom. The lowest BCUT2D eigenvalue weighted by Gasteiger charge is -2.26. The van der Waals surface area contributed by atoms with Gasteiger partial charge in [-0.1, -0.05) is 0 Å². The van der Waals surface area contributed by atoms with E-state index < -0.39 is 28.8 Å². The normalized spacial score (nSPS) is 14.0. The zero-order valence-corrected chi connectivity index (χ0v) is 12.6. The summed E-state index contributed by atoms with van der Waals surface area (Å²) in [6.45, 7) is 1.46. The van der Waals surface area contributed by atoms with E-state index in [1.54, 1.807) is 0 Å². The smallest absolute Gasteiger partial charge is 0.143 e. The molecule has 0 fully saturated rings. The summed E-state index contributed by atoms with van der Waals surface area (Å²) in [4.78, 5) is 0. The fraction of sp³-hybridized carbons (Fsp3) is 0.200. The van der Waals surface area contributed by atoms with Gasteiger partial charge in [0.15, 0.2) is 0 Å². The van der Waals surface area contributed by atoms with Crippen LogP contribution < -0.4 is 5.73 Å². The van der Waals surface area contributed by atoms with E-state index in [-0.39, 0.29) is 22.0 Å². The molecular weight excluding hydrogens is 350 g/mol. The molecule has 0 saturated heterocycles. The van der Waals surface area contributed by atoms with E-state index in [0.29, 0.717) is 6.07 Å². The van der Waals surface area contributed by atoms with Gasteiger partial charge in [-0.05, 0) is 52.7 Å². The first-order valence-corrected chi connectivity index (χ1v) is 6.88. The van der Waals surface area contributed by atoms with Crippen LogP contribution in [-0.2, 0) is 12.0 Å². The summed E-state index contributed by atoms with van der Waals surface area (Å²) in [6, 6.07) is 5.15. The highest BCUT2D eigenvalue weighted by molar-refractivity contribution is 9.10. The van der Waals surface area contributed by atoms with Crippen LogP contribution in [0.3, 0.4) is 0 Å². The molecule has 6 heteroatoms. The lowest BCUT2D eigenvalue weighted by atomic mass is 9.86. The second-order valence-corrected chi connectivity index (χ2v) is 5.93. The third-order valence-electron chi connectivity index (χ3n) is 3.20. The minimum absolute atomic E-state index is 0.0973. The molecule has 2 aromatic rings. The Hall–Kier alpha value is -1.40. The first-order chi connectivity index (χ1) is 9.70. The molecule has 112 valence electrons. The average Bonchev–Trinajstić information content (AvgIpc) is 2.38. The van der Waals surface area contributed by atoms with E-state index >= 15 is 0 Å². The molecule has 1 atom stereocenters. The molecule has 0 aliphatic heterocycles. The zero-order chi connectivity index (χ0) is 15.8. The van der Waals surface area contributed by atoms with Gasteiger partial charge in [0, 0.05) is 23.6 Å². The fourth-order valence-corrected chi connectivity index (χ4v) is 2.46. The number of rotatable bonds is 3. The van der Waals surface area contributed by atoms with Crippen molar-refractivity contribution in [1.29, 1.82) is 0 Å². The summed E-state index contributed by atoms with van der Waals surface area (Å²) in [6.07, 6.45) is -0.243. The molecule has 21 heavy (non-hydrogen) atoms. The highest BCUT2D eigenvalue weighted by Gasteiger charge is 2.27. The van der Waals surface area contributed by atoms with Crippen LogP contribution >= 0.6 is 15.9 Å². The van der Waals surface area contributed by atoms with Crippen molar-refractivity contribution >= 4 is 15.9 Å². The van der Waals surface area contributed by atoms with Gasteiger partial charge in [0.25, 0.3) is 0 Å². The zero-order valence-electron chi connectivity index (χ0n) is 11.1. The maximum absolute atomic E-state index is 14.0. The molecule has 0 aromatic heterocycles. The van der Waals surface area contributed by atoms with E-state index in [9.17, 15) is 17.6 Å². The fourth-order valence-electron chi connectivity index (χ4n) is 2.08. The molecule has 0 spiro atoms. The molecular formula is C15H12BrF4N. The van der Waals surface area contributed by atoms with Crippen LogP contribution in [-0.4, -0.2) is 0 Å². The van der Waals surface area contributed by atoms with Gasteiger partial charge >= 0.3 is 0 Å². The van der Waals surface area contributed by atoms with Crippen molar-refractivity contribution in [2.24, 2.45) is 5.73 Å². The third kappa shape index (κ3) is 3.44. The van der Waals surface area contributed by atoms with E-state index in [0.717, 1.165) is 18.2 Å². The minimum Gasteiger partial charge on any atom is -0.321 e. The summed E-state index contributed by atoms with van der Waals surface area (Å²) in [5.74, 6) is -3.12. The number of nitrogens with two attached hydrogens (primary N) is 1. The second-order valence-electron chi connectivity index (χ2n) is 5.07. The summed E-state index contributed by atoms with van der Waals surface area (Å²) in [5.41, 5.74) is 4.57. The topological polar surface area (TPSA) is 26.0 Å².